The van der Waals surface area contributed by atoms with Gasteiger partial charge in [0.1, 0.15) is 0 Å². The Hall–Kier alpha value is -1.37. The highest BCUT2D eigenvalue weighted by Crippen LogP contribution is 2.47. The Bertz CT molecular complexity index is 537. The molecule has 0 spiro atoms. The van der Waals surface area contributed by atoms with Gasteiger partial charge in [0.05, 0.1) is 11.3 Å². The number of hydrogen-bond acceptors (Lipinski definition) is 4. The average molecular weight is 316 g/mol. The van der Waals surface area contributed by atoms with Crippen LogP contribution in [0.15, 0.2) is 12.7 Å². The zero-order valence-corrected chi connectivity index (χ0v) is 13.9. The Morgan fingerprint density at radius 3 is 2.24 bits per heavy atom. The summed E-state index contributed by atoms with van der Waals surface area (Å²) in [6.45, 7) is 7.26. The highest BCUT2D eigenvalue weighted by Gasteiger charge is 2.57. The van der Waals surface area contributed by atoms with Crippen LogP contribution in [-0.2, 0) is 19.4 Å². The van der Waals surface area contributed by atoms with E-state index in [9.17, 15) is 18.0 Å². The summed E-state index contributed by atoms with van der Waals surface area (Å²) in [7, 11) is -1.63. The van der Waals surface area contributed by atoms with E-state index in [1.807, 2.05) is 0 Å². The van der Waals surface area contributed by atoms with Crippen LogP contribution in [0.5, 0.6) is 0 Å². The van der Waals surface area contributed by atoms with Gasteiger partial charge in [-0.2, -0.15) is 0 Å². The molecule has 0 saturated heterocycles. The quantitative estimate of drug-likeness (QED) is 0.639. The summed E-state index contributed by atoms with van der Waals surface area (Å²) in [4.78, 5) is 26.7. The van der Waals surface area contributed by atoms with E-state index in [0.29, 0.717) is 19.4 Å². The van der Waals surface area contributed by atoms with Gasteiger partial charge in [-0.25, -0.2) is 8.42 Å². The molecular formula is C14H24N2O4S. The van der Waals surface area contributed by atoms with E-state index in [4.69, 9.17) is 0 Å². The Kier molecular flexibility index (Phi) is 5.20. The van der Waals surface area contributed by atoms with Gasteiger partial charge < -0.3 is 9.80 Å². The number of carbonyl (C=O) groups is 2. The minimum absolute atomic E-state index is 0.0674. The van der Waals surface area contributed by atoms with E-state index >= 15 is 0 Å². The monoisotopic (exact) mass is 316 g/mol. The molecule has 0 aliphatic heterocycles. The lowest BCUT2D eigenvalue weighted by Crippen LogP contribution is -2.50. The van der Waals surface area contributed by atoms with E-state index in [2.05, 4.69) is 6.58 Å². The van der Waals surface area contributed by atoms with Crippen LogP contribution in [0.25, 0.3) is 0 Å². The largest absolute Gasteiger partial charge is 0.340 e. The molecule has 1 rings (SSSR count). The van der Waals surface area contributed by atoms with Crippen molar-refractivity contribution >= 4 is 21.7 Å². The summed E-state index contributed by atoms with van der Waals surface area (Å²) in [6, 6.07) is -0.405. The third-order valence-electron chi connectivity index (χ3n) is 4.41. The van der Waals surface area contributed by atoms with Crippen LogP contribution in [0, 0.1) is 0 Å². The summed E-state index contributed by atoms with van der Waals surface area (Å²) in [5.74, 6) is -0.578. The SMILES string of the molecule is C=CC(=O)N(CC)CC(=O)N(C)C(C)C1(S(C)(=O)=O)CC1. The van der Waals surface area contributed by atoms with E-state index < -0.39 is 20.6 Å². The summed E-state index contributed by atoms with van der Waals surface area (Å²) in [5, 5.41) is 0. The van der Waals surface area contributed by atoms with Crippen molar-refractivity contribution in [1.29, 1.82) is 0 Å². The van der Waals surface area contributed by atoms with Gasteiger partial charge in [-0.1, -0.05) is 6.58 Å². The second kappa shape index (κ2) is 6.17. The molecule has 1 aliphatic rings. The predicted octanol–water partition coefficient (Wildman–Crippen LogP) is 0.445. The van der Waals surface area contributed by atoms with Crippen molar-refractivity contribution in [2.45, 2.75) is 37.5 Å². The van der Waals surface area contributed by atoms with Crippen molar-refractivity contribution in [1.82, 2.24) is 9.80 Å². The molecule has 1 atom stereocenters. The van der Waals surface area contributed by atoms with Crippen LogP contribution >= 0.6 is 0 Å². The fraction of sp³-hybridized carbons (Fsp3) is 0.714. The first kappa shape index (κ1) is 17.7. The summed E-state index contributed by atoms with van der Waals surface area (Å²) in [5.41, 5.74) is 0. The molecule has 0 bridgehead atoms. The normalized spacial score (nSPS) is 17.7. The van der Waals surface area contributed by atoms with E-state index in [0.717, 1.165) is 0 Å². The van der Waals surface area contributed by atoms with E-state index in [-0.39, 0.29) is 18.4 Å². The molecule has 1 saturated carbocycles. The van der Waals surface area contributed by atoms with Crippen molar-refractivity contribution in [2.24, 2.45) is 0 Å². The third kappa shape index (κ3) is 3.45. The second-order valence-corrected chi connectivity index (χ2v) is 7.93. The van der Waals surface area contributed by atoms with Crippen molar-refractivity contribution in [3.63, 3.8) is 0 Å². The molecule has 2 amide bonds. The van der Waals surface area contributed by atoms with Gasteiger partial charge in [0.15, 0.2) is 9.84 Å². The summed E-state index contributed by atoms with van der Waals surface area (Å²) >= 11 is 0. The highest BCUT2D eigenvalue weighted by atomic mass is 32.2. The number of amides is 2. The maximum atomic E-state index is 12.3. The van der Waals surface area contributed by atoms with Crippen LogP contribution in [0.2, 0.25) is 0 Å². The molecule has 1 aliphatic carbocycles. The smallest absolute Gasteiger partial charge is 0.246 e. The van der Waals surface area contributed by atoms with Crippen molar-refractivity contribution in [3.05, 3.63) is 12.7 Å². The zero-order chi connectivity index (χ0) is 16.4. The van der Waals surface area contributed by atoms with Gasteiger partial charge in [0.2, 0.25) is 11.8 Å². The van der Waals surface area contributed by atoms with Crippen molar-refractivity contribution in [2.75, 3.05) is 26.4 Å². The average Bonchev–Trinajstić information content (AvgIpc) is 3.22. The highest BCUT2D eigenvalue weighted by molar-refractivity contribution is 7.92. The van der Waals surface area contributed by atoms with Crippen LogP contribution in [-0.4, -0.2) is 67.2 Å². The predicted molar refractivity (Wildman–Crippen MR) is 81.5 cm³/mol. The third-order valence-corrected chi connectivity index (χ3v) is 6.64. The minimum Gasteiger partial charge on any atom is -0.340 e. The Labute approximate surface area is 126 Å². The molecule has 1 unspecified atom stereocenters. The van der Waals surface area contributed by atoms with Crippen molar-refractivity contribution in [3.8, 4) is 0 Å². The number of likely N-dealkylation sites (N-methyl/N-ethyl adjacent to an activating group) is 2. The lowest BCUT2D eigenvalue weighted by Gasteiger charge is -2.32. The van der Waals surface area contributed by atoms with Gasteiger partial charge in [-0.15, -0.1) is 0 Å². The molecule has 0 N–H and O–H groups in total. The second-order valence-electron chi connectivity index (χ2n) is 5.57. The molecule has 7 heteroatoms. The molecule has 0 aromatic heterocycles. The standard InChI is InChI=1S/C14H24N2O4S/c1-6-12(17)16(7-2)10-13(18)15(4)11(3)14(8-9-14)21(5,19)20/h6,11H,1,7-10H2,2-5H3. The van der Waals surface area contributed by atoms with Gasteiger partial charge in [-0.3, -0.25) is 9.59 Å². The number of nitrogens with zero attached hydrogens (tertiary/aromatic N) is 2. The maximum absolute atomic E-state index is 12.3. The Morgan fingerprint density at radius 2 is 1.90 bits per heavy atom. The molecule has 0 radical (unpaired) electrons. The molecule has 0 aromatic rings. The first-order valence-corrected chi connectivity index (χ1v) is 8.86. The Morgan fingerprint density at radius 1 is 1.38 bits per heavy atom. The van der Waals surface area contributed by atoms with E-state index in [1.54, 1.807) is 20.9 Å². The lowest BCUT2D eigenvalue weighted by atomic mass is 10.2. The molecule has 0 heterocycles. The first-order valence-electron chi connectivity index (χ1n) is 6.97. The van der Waals surface area contributed by atoms with Gasteiger partial charge >= 0.3 is 0 Å². The van der Waals surface area contributed by atoms with Crippen LogP contribution in [0.3, 0.4) is 0 Å². The Balaban J connectivity index is 2.79. The van der Waals surface area contributed by atoms with E-state index in [1.165, 1.54) is 22.1 Å². The summed E-state index contributed by atoms with van der Waals surface area (Å²) in [6.07, 6.45) is 3.54. The van der Waals surface area contributed by atoms with Gasteiger partial charge in [0.25, 0.3) is 0 Å². The lowest BCUT2D eigenvalue weighted by molar-refractivity contribution is -0.138. The fourth-order valence-electron chi connectivity index (χ4n) is 2.54. The first-order chi connectivity index (χ1) is 9.60. The molecular weight excluding hydrogens is 292 g/mol. The minimum atomic E-state index is -3.21. The molecule has 6 nitrogen and oxygen atoms in total. The summed E-state index contributed by atoms with van der Waals surface area (Å²) < 4.78 is 23.0. The topological polar surface area (TPSA) is 74.8 Å². The number of sulfone groups is 1. The maximum Gasteiger partial charge on any atom is 0.246 e. The van der Waals surface area contributed by atoms with Gasteiger partial charge in [0, 0.05) is 25.9 Å². The number of hydrogen-bond donors (Lipinski definition) is 0. The molecule has 1 fully saturated rings. The van der Waals surface area contributed by atoms with Crippen LogP contribution < -0.4 is 0 Å². The number of rotatable bonds is 7. The van der Waals surface area contributed by atoms with Crippen molar-refractivity contribution < 1.29 is 18.0 Å². The molecule has 21 heavy (non-hydrogen) atoms. The fourth-order valence-corrected chi connectivity index (χ4v) is 4.16. The van der Waals surface area contributed by atoms with Crippen LogP contribution in [0.1, 0.15) is 26.7 Å². The zero-order valence-electron chi connectivity index (χ0n) is 13.1. The van der Waals surface area contributed by atoms with Crippen LogP contribution in [0.4, 0.5) is 0 Å². The van der Waals surface area contributed by atoms with Gasteiger partial charge in [-0.05, 0) is 32.8 Å². The number of carbonyl (C=O) groups excluding carboxylic acids is 2. The molecule has 120 valence electrons. The molecule has 0 aromatic carbocycles.